The largest absolute Gasteiger partial charge is 0.396 e. The number of hydrogen-bond donors (Lipinski definition) is 3. The van der Waals surface area contributed by atoms with Gasteiger partial charge in [0.25, 0.3) is 0 Å². The zero-order chi connectivity index (χ0) is 14.5. The van der Waals surface area contributed by atoms with E-state index in [9.17, 15) is 5.11 Å². The Morgan fingerprint density at radius 3 is 3.00 bits per heavy atom. The molecule has 0 amide bonds. The van der Waals surface area contributed by atoms with E-state index in [2.05, 4.69) is 15.3 Å². The number of rotatable bonds is 7. The van der Waals surface area contributed by atoms with Gasteiger partial charge < -0.3 is 30.2 Å². The van der Waals surface area contributed by atoms with E-state index in [0.717, 1.165) is 12.2 Å². The fraction of sp³-hybridized carbons (Fsp3) is 0.667. The van der Waals surface area contributed by atoms with Gasteiger partial charge in [-0.1, -0.05) is 0 Å². The molecule has 8 nitrogen and oxygen atoms in total. The van der Waals surface area contributed by atoms with Crippen molar-refractivity contribution in [2.24, 2.45) is 16.6 Å². The Morgan fingerprint density at radius 1 is 1.55 bits per heavy atom. The highest BCUT2D eigenvalue weighted by atomic mass is 16.5. The molecule has 0 aliphatic carbocycles. The monoisotopic (exact) mass is 283 g/mol. The molecule has 4 N–H and O–H groups in total. The lowest BCUT2D eigenvalue weighted by molar-refractivity contribution is 0.107. The number of anilines is 1. The number of guanidine groups is 1. The second-order valence-corrected chi connectivity index (χ2v) is 4.69. The van der Waals surface area contributed by atoms with Crippen LogP contribution in [0.15, 0.2) is 11.3 Å². The van der Waals surface area contributed by atoms with E-state index in [-0.39, 0.29) is 12.5 Å². The van der Waals surface area contributed by atoms with E-state index in [1.807, 2.05) is 4.57 Å². The van der Waals surface area contributed by atoms with Crippen molar-refractivity contribution in [3.05, 3.63) is 12.0 Å². The van der Waals surface area contributed by atoms with E-state index in [1.165, 1.54) is 0 Å². The molecule has 0 bridgehead atoms. The molecule has 1 aliphatic rings. The molecule has 112 valence electrons. The van der Waals surface area contributed by atoms with Crippen LogP contribution in [-0.4, -0.2) is 48.1 Å². The van der Waals surface area contributed by atoms with Crippen LogP contribution in [0.2, 0.25) is 0 Å². The van der Waals surface area contributed by atoms with E-state index >= 15 is 0 Å². The van der Waals surface area contributed by atoms with Gasteiger partial charge in [-0.3, -0.25) is 0 Å². The van der Waals surface area contributed by atoms with Crippen LogP contribution in [-0.2, 0) is 16.0 Å². The van der Waals surface area contributed by atoms with Crippen molar-refractivity contribution < 1.29 is 14.6 Å². The summed E-state index contributed by atoms with van der Waals surface area (Å²) in [6.45, 7) is 1.33. The Hall–Kier alpha value is -1.64. The molecule has 0 radical (unpaired) electrons. The normalized spacial score (nSPS) is 19.1. The van der Waals surface area contributed by atoms with E-state index in [4.69, 9.17) is 15.2 Å². The molecule has 0 aromatic carbocycles. The standard InChI is InChI=1S/C12H21N5O3/c1-19-4-3-8(6-18)5-17-7-14-9-10(17)15-12(13)16-11(9)20-2/h7-8,11,18H,3-6H2,1-2H3,(H3,13,15,16)/t8-,11?/m1/s1. The Labute approximate surface area is 117 Å². The highest BCUT2D eigenvalue weighted by molar-refractivity contribution is 5.93. The number of hydrogen-bond acceptors (Lipinski definition) is 7. The predicted octanol–water partition coefficient (Wildman–Crippen LogP) is -0.0867. The van der Waals surface area contributed by atoms with Gasteiger partial charge >= 0.3 is 0 Å². The fourth-order valence-electron chi connectivity index (χ4n) is 2.16. The predicted molar refractivity (Wildman–Crippen MR) is 74.3 cm³/mol. The number of nitrogens with two attached hydrogens (primary N) is 1. The van der Waals surface area contributed by atoms with Crippen LogP contribution in [0, 0.1) is 5.92 Å². The third-order valence-electron chi connectivity index (χ3n) is 3.27. The molecule has 2 atom stereocenters. The van der Waals surface area contributed by atoms with Gasteiger partial charge in [0, 0.05) is 39.9 Å². The van der Waals surface area contributed by atoms with Crippen molar-refractivity contribution in [3.8, 4) is 0 Å². The third-order valence-corrected chi connectivity index (χ3v) is 3.27. The van der Waals surface area contributed by atoms with E-state index in [1.54, 1.807) is 20.5 Å². The Balaban J connectivity index is 2.13. The smallest absolute Gasteiger partial charge is 0.198 e. The van der Waals surface area contributed by atoms with Gasteiger partial charge in [0.15, 0.2) is 12.2 Å². The molecule has 1 aliphatic heterocycles. The molecule has 1 aromatic rings. The van der Waals surface area contributed by atoms with Crippen LogP contribution < -0.4 is 11.1 Å². The molecule has 2 rings (SSSR count). The summed E-state index contributed by atoms with van der Waals surface area (Å²) in [7, 11) is 3.21. The minimum Gasteiger partial charge on any atom is -0.396 e. The molecular formula is C12H21N5O3. The number of methoxy groups -OCH3 is 2. The Morgan fingerprint density at radius 2 is 2.35 bits per heavy atom. The van der Waals surface area contributed by atoms with Crippen LogP contribution in [0.1, 0.15) is 18.3 Å². The summed E-state index contributed by atoms with van der Waals surface area (Å²) in [5.74, 6) is 1.15. The first-order valence-electron chi connectivity index (χ1n) is 6.47. The molecule has 0 fully saturated rings. The number of nitrogens with zero attached hydrogens (tertiary/aromatic N) is 3. The minimum atomic E-state index is -0.487. The fourth-order valence-corrected chi connectivity index (χ4v) is 2.16. The molecule has 1 aromatic heterocycles. The van der Waals surface area contributed by atoms with Crippen molar-refractivity contribution in [1.29, 1.82) is 0 Å². The zero-order valence-electron chi connectivity index (χ0n) is 11.7. The molecule has 2 heterocycles. The van der Waals surface area contributed by atoms with Crippen LogP contribution >= 0.6 is 0 Å². The summed E-state index contributed by atoms with van der Waals surface area (Å²) in [4.78, 5) is 8.43. The maximum Gasteiger partial charge on any atom is 0.198 e. The highest BCUT2D eigenvalue weighted by Gasteiger charge is 2.25. The van der Waals surface area contributed by atoms with Gasteiger partial charge in [0.1, 0.15) is 11.5 Å². The van der Waals surface area contributed by atoms with Crippen molar-refractivity contribution in [1.82, 2.24) is 9.55 Å². The van der Waals surface area contributed by atoms with Crippen LogP contribution in [0.5, 0.6) is 0 Å². The number of aliphatic hydroxyl groups excluding tert-OH is 1. The van der Waals surface area contributed by atoms with Crippen molar-refractivity contribution in [2.45, 2.75) is 19.2 Å². The quantitative estimate of drug-likeness (QED) is 0.646. The number of fused-ring (bicyclic) bond motifs is 1. The van der Waals surface area contributed by atoms with Crippen molar-refractivity contribution in [2.75, 3.05) is 32.8 Å². The van der Waals surface area contributed by atoms with Gasteiger partial charge in [-0.15, -0.1) is 0 Å². The molecule has 0 spiro atoms. The second kappa shape index (κ2) is 6.69. The summed E-state index contributed by atoms with van der Waals surface area (Å²) in [5, 5.41) is 12.4. The van der Waals surface area contributed by atoms with Crippen LogP contribution in [0.3, 0.4) is 0 Å². The summed E-state index contributed by atoms with van der Waals surface area (Å²) in [6.07, 6.45) is 1.99. The summed E-state index contributed by atoms with van der Waals surface area (Å²) in [5.41, 5.74) is 6.43. The first-order valence-corrected chi connectivity index (χ1v) is 6.47. The zero-order valence-corrected chi connectivity index (χ0v) is 11.7. The maximum absolute atomic E-state index is 9.42. The molecular weight excluding hydrogens is 262 g/mol. The van der Waals surface area contributed by atoms with E-state index < -0.39 is 6.23 Å². The second-order valence-electron chi connectivity index (χ2n) is 4.69. The first kappa shape index (κ1) is 14.8. The van der Waals surface area contributed by atoms with Gasteiger partial charge in [-0.2, -0.15) is 0 Å². The average molecular weight is 283 g/mol. The average Bonchev–Trinajstić information content (AvgIpc) is 2.85. The number of nitrogens with one attached hydrogen (secondary N) is 1. The Kier molecular flexibility index (Phi) is 4.94. The van der Waals surface area contributed by atoms with Gasteiger partial charge in [0.2, 0.25) is 0 Å². The molecule has 1 unspecified atom stereocenters. The molecule has 20 heavy (non-hydrogen) atoms. The summed E-state index contributed by atoms with van der Waals surface area (Å²) in [6, 6.07) is 0. The van der Waals surface area contributed by atoms with E-state index in [0.29, 0.717) is 24.8 Å². The lowest BCUT2D eigenvalue weighted by atomic mass is 10.1. The topological polar surface area (TPSA) is 107 Å². The molecule has 8 heteroatoms. The minimum absolute atomic E-state index is 0.0909. The summed E-state index contributed by atoms with van der Waals surface area (Å²) >= 11 is 0. The number of aromatic nitrogens is 2. The van der Waals surface area contributed by atoms with Gasteiger partial charge in [-0.05, 0) is 6.42 Å². The highest BCUT2D eigenvalue weighted by Crippen LogP contribution is 2.29. The van der Waals surface area contributed by atoms with Crippen molar-refractivity contribution >= 4 is 11.8 Å². The number of imidazole rings is 1. The van der Waals surface area contributed by atoms with Crippen LogP contribution in [0.4, 0.5) is 5.82 Å². The van der Waals surface area contributed by atoms with Crippen molar-refractivity contribution in [3.63, 3.8) is 0 Å². The lowest BCUT2D eigenvalue weighted by Crippen LogP contribution is -2.30. The Bertz CT molecular complexity index is 474. The van der Waals surface area contributed by atoms with Gasteiger partial charge in [0.05, 0.1) is 6.33 Å². The summed E-state index contributed by atoms with van der Waals surface area (Å²) < 4.78 is 12.2. The van der Waals surface area contributed by atoms with Gasteiger partial charge in [-0.25, -0.2) is 9.98 Å². The maximum atomic E-state index is 9.42. The third kappa shape index (κ3) is 3.09. The number of ether oxygens (including phenoxy) is 2. The lowest BCUT2D eigenvalue weighted by Gasteiger charge is -2.21. The SMILES string of the molecule is COCC[C@@H](CO)Cn1cnc2c1NC(N)=NC2OC. The molecule has 0 saturated carbocycles. The first-order chi connectivity index (χ1) is 9.69. The van der Waals surface area contributed by atoms with Crippen LogP contribution in [0.25, 0.3) is 0 Å². The number of aliphatic hydroxyl groups is 1. The molecule has 0 saturated heterocycles. The number of aliphatic imine (C=N–C) groups is 1.